The summed E-state index contributed by atoms with van der Waals surface area (Å²) in [4.78, 5) is 23.5. The number of carbonyl (C=O) groups excluding carboxylic acids is 2. The van der Waals surface area contributed by atoms with Crippen LogP contribution in [0.25, 0.3) is 0 Å². The maximum Gasteiger partial charge on any atom is 0.271 e. The van der Waals surface area contributed by atoms with E-state index in [4.69, 9.17) is 0 Å². The van der Waals surface area contributed by atoms with Gasteiger partial charge in [-0.1, -0.05) is 20.3 Å². The number of hydrogen-bond donors (Lipinski definition) is 2. The summed E-state index contributed by atoms with van der Waals surface area (Å²) < 4.78 is 1.74. The van der Waals surface area contributed by atoms with Crippen molar-refractivity contribution in [2.24, 2.45) is 5.92 Å². The van der Waals surface area contributed by atoms with Gasteiger partial charge in [-0.3, -0.25) is 14.3 Å². The second-order valence-electron chi connectivity index (χ2n) is 5.51. The molecule has 0 spiro atoms. The summed E-state index contributed by atoms with van der Waals surface area (Å²) in [5, 5.41) is 9.76. The molecule has 0 radical (unpaired) electrons. The van der Waals surface area contributed by atoms with Crippen LogP contribution in [-0.2, 0) is 4.79 Å². The minimum atomic E-state index is -0.217. The molecule has 1 aromatic rings. The van der Waals surface area contributed by atoms with Gasteiger partial charge in [-0.25, -0.2) is 0 Å². The van der Waals surface area contributed by atoms with E-state index in [2.05, 4.69) is 22.7 Å². The van der Waals surface area contributed by atoms with Crippen LogP contribution >= 0.6 is 0 Å². The number of rotatable bonds is 8. The van der Waals surface area contributed by atoms with E-state index in [-0.39, 0.29) is 23.8 Å². The third-order valence-corrected chi connectivity index (χ3v) is 3.25. The Hall–Kier alpha value is -1.85. The summed E-state index contributed by atoms with van der Waals surface area (Å²) in [7, 11) is 0. The Morgan fingerprint density at radius 3 is 2.48 bits per heavy atom. The average molecular weight is 294 g/mol. The van der Waals surface area contributed by atoms with Crippen LogP contribution in [0.5, 0.6) is 0 Å². The molecule has 0 aliphatic heterocycles. The molecule has 1 rings (SSSR count). The maximum atomic E-state index is 11.9. The van der Waals surface area contributed by atoms with Crippen molar-refractivity contribution in [2.75, 3.05) is 13.1 Å². The summed E-state index contributed by atoms with van der Waals surface area (Å²) in [5.74, 6) is -0.159. The van der Waals surface area contributed by atoms with Crippen molar-refractivity contribution in [2.45, 2.75) is 46.6 Å². The van der Waals surface area contributed by atoms with E-state index in [1.54, 1.807) is 16.9 Å². The van der Waals surface area contributed by atoms with Gasteiger partial charge in [-0.15, -0.1) is 0 Å². The van der Waals surface area contributed by atoms with Gasteiger partial charge in [0.2, 0.25) is 5.91 Å². The molecule has 0 bridgehead atoms. The number of aromatic nitrogens is 2. The zero-order valence-electron chi connectivity index (χ0n) is 13.3. The molecule has 0 saturated heterocycles. The first-order valence-corrected chi connectivity index (χ1v) is 7.56. The normalized spacial score (nSPS) is 12.2. The van der Waals surface area contributed by atoms with Crippen LogP contribution in [0.3, 0.4) is 0 Å². The summed E-state index contributed by atoms with van der Waals surface area (Å²) in [5.41, 5.74) is 0.398. The van der Waals surface area contributed by atoms with E-state index in [0.717, 1.165) is 12.8 Å². The molecule has 0 saturated carbocycles. The zero-order chi connectivity index (χ0) is 15.8. The Bertz CT molecular complexity index is 468. The van der Waals surface area contributed by atoms with Crippen molar-refractivity contribution in [3.05, 3.63) is 18.0 Å². The fraction of sp³-hybridized carbons (Fsp3) is 0.667. The fourth-order valence-electron chi connectivity index (χ4n) is 1.94. The summed E-state index contributed by atoms with van der Waals surface area (Å²) >= 11 is 0. The number of hydrogen-bond acceptors (Lipinski definition) is 3. The van der Waals surface area contributed by atoms with Gasteiger partial charge >= 0.3 is 0 Å². The molecule has 2 N–H and O–H groups in total. The number of nitrogens with one attached hydrogen (secondary N) is 2. The molecule has 0 aliphatic rings. The first-order chi connectivity index (χ1) is 9.95. The highest BCUT2D eigenvalue weighted by atomic mass is 16.2. The Morgan fingerprint density at radius 1 is 1.24 bits per heavy atom. The van der Waals surface area contributed by atoms with Gasteiger partial charge in [0.05, 0.1) is 0 Å². The van der Waals surface area contributed by atoms with Crippen LogP contribution in [0.1, 0.15) is 57.1 Å². The van der Waals surface area contributed by atoms with Crippen molar-refractivity contribution in [1.29, 1.82) is 0 Å². The van der Waals surface area contributed by atoms with Crippen molar-refractivity contribution < 1.29 is 9.59 Å². The lowest BCUT2D eigenvalue weighted by molar-refractivity contribution is -0.124. The molecule has 0 fully saturated rings. The molecule has 2 amide bonds. The highest BCUT2D eigenvalue weighted by Crippen LogP contribution is 2.04. The first-order valence-electron chi connectivity index (χ1n) is 7.56. The monoisotopic (exact) mass is 294 g/mol. The van der Waals surface area contributed by atoms with E-state index in [9.17, 15) is 9.59 Å². The zero-order valence-corrected chi connectivity index (χ0v) is 13.3. The Kier molecular flexibility index (Phi) is 6.91. The van der Waals surface area contributed by atoms with Crippen LogP contribution in [0.2, 0.25) is 0 Å². The molecule has 1 atom stereocenters. The SMILES string of the molecule is CCC[C@@H](C)C(=O)NCCNC(=O)c1ccn(C(C)C)n1. The topological polar surface area (TPSA) is 76.0 Å². The highest BCUT2D eigenvalue weighted by molar-refractivity contribution is 5.92. The van der Waals surface area contributed by atoms with Crippen molar-refractivity contribution in [1.82, 2.24) is 20.4 Å². The van der Waals surface area contributed by atoms with Gasteiger partial charge in [-0.05, 0) is 26.3 Å². The second kappa shape index (κ2) is 8.44. The minimum absolute atomic E-state index is 0.0208. The van der Waals surface area contributed by atoms with Gasteiger partial charge in [0.25, 0.3) is 5.91 Å². The van der Waals surface area contributed by atoms with E-state index in [1.165, 1.54) is 0 Å². The Morgan fingerprint density at radius 2 is 1.90 bits per heavy atom. The van der Waals surface area contributed by atoms with E-state index < -0.39 is 0 Å². The minimum Gasteiger partial charge on any atom is -0.354 e. The Labute approximate surface area is 126 Å². The molecule has 0 unspecified atom stereocenters. The van der Waals surface area contributed by atoms with E-state index >= 15 is 0 Å². The lowest BCUT2D eigenvalue weighted by Crippen LogP contribution is -2.37. The lowest BCUT2D eigenvalue weighted by atomic mass is 10.1. The van der Waals surface area contributed by atoms with Crippen molar-refractivity contribution in [3.8, 4) is 0 Å². The lowest BCUT2D eigenvalue weighted by Gasteiger charge is -2.11. The fourth-order valence-corrected chi connectivity index (χ4v) is 1.94. The first kappa shape index (κ1) is 17.2. The predicted molar refractivity (Wildman–Crippen MR) is 82.0 cm³/mol. The molecule has 1 heterocycles. The molecule has 0 aromatic carbocycles. The third-order valence-electron chi connectivity index (χ3n) is 3.25. The Balaban J connectivity index is 2.28. The molecule has 6 nitrogen and oxygen atoms in total. The molecule has 0 aliphatic carbocycles. The van der Waals surface area contributed by atoms with Gasteiger partial charge in [-0.2, -0.15) is 5.10 Å². The molecular weight excluding hydrogens is 268 g/mol. The molecule has 21 heavy (non-hydrogen) atoms. The van der Waals surface area contributed by atoms with Crippen molar-refractivity contribution in [3.63, 3.8) is 0 Å². The summed E-state index contributed by atoms with van der Waals surface area (Å²) in [6, 6.07) is 1.92. The number of amides is 2. The summed E-state index contributed by atoms with van der Waals surface area (Å²) in [6.07, 6.45) is 3.66. The second-order valence-corrected chi connectivity index (χ2v) is 5.51. The van der Waals surface area contributed by atoms with Crippen LogP contribution in [0.15, 0.2) is 12.3 Å². The molecule has 6 heteroatoms. The van der Waals surface area contributed by atoms with Gasteiger partial charge in [0.15, 0.2) is 0 Å². The predicted octanol–water partition coefficient (Wildman–Crippen LogP) is 1.75. The highest BCUT2D eigenvalue weighted by Gasteiger charge is 2.12. The van der Waals surface area contributed by atoms with Gasteiger partial charge in [0, 0.05) is 31.2 Å². The van der Waals surface area contributed by atoms with Crippen LogP contribution in [0.4, 0.5) is 0 Å². The number of carbonyl (C=O) groups is 2. The van der Waals surface area contributed by atoms with Crippen LogP contribution in [-0.4, -0.2) is 34.7 Å². The maximum absolute atomic E-state index is 11.9. The number of nitrogens with zero attached hydrogens (tertiary/aromatic N) is 2. The smallest absolute Gasteiger partial charge is 0.271 e. The van der Waals surface area contributed by atoms with Gasteiger partial charge in [0.1, 0.15) is 5.69 Å². The molecule has 1 aromatic heterocycles. The van der Waals surface area contributed by atoms with E-state index in [0.29, 0.717) is 18.8 Å². The van der Waals surface area contributed by atoms with Crippen molar-refractivity contribution >= 4 is 11.8 Å². The quantitative estimate of drug-likeness (QED) is 0.717. The largest absolute Gasteiger partial charge is 0.354 e. The average Bonchev–Trinajstić information content (AvgIpc) is 2.93. The molecule has 118 valence electrons. The summed E-state index contributed by atoms with van der Waals surface area (Å²) in [6.45, 7) is 8.81. The molecular formula is C15H26N4O2. The standard InChI is InChI=1S/C15H26N4O2/c1-5-6-12(4)14(20)16-8-9-17-15(21)13-7-10-19(18-13)11(2)3/h7,10-12H,5-6,8-9H2,1-4H3,(H,16,20)(H,17,21)/t12-/m1/s1. The van der Waals surface area contributed by atoms with E-state index in [1.807, 2.05) is 20.8 Å². The van der Waals surface area contributed by atoms with Crippen LogP contribution < -0.4 is 10.6 Å². The van der Waals surface area contributed by atoms with Crippen LogP contribution in [0, 0.1) is 5.92 Å². The third kappa shape index (κ3) is 5.57. The van der Waals surface area contributed by atoms with Gasteiger partial charge < -0.3 is 10.6 Å².